The van der Waals surface area contributed by atoms with Crippen LogP contribution in [0.2, 0.25) is 0 Å². The summed E-state index contributed by atoms with van der Waals surface area (Å²) in [7, 11) is 0. The molecule has 2 nitrogen and oxygen atoms in total. The molecule has 0 spiro atoms. The van der Waals surface area contributed by atoms with Crippen LogP contribution in [0.15, 0.2) is 12.2 Å². The highest BCUT2D eigenvalue weighted by atomic mass is 16.5. The van der Waals surface area contributed by atoms with Gasteiger partial charge in [-0.3, -0.25) is 0 Å². The van der Waals surface area contributed by atoms with Gasteiger partial charge >= 0.3 is 5.97 Å². The largest absolute Gasteiger partial charge is 0.459 e. The third kappa shape index (κ3) is 5.79. The molecule has 0 aromatic carbocycles. The van der Waals surface area contributed by atoms with Crippen molar-refractivity contribution in [2.75, 3.05) is 0 Å². The van der Waals surface area contributed by atoms with Crippen LogP contribution in [0, 0.1) is 6.92 Å². The van der Waals surface area contributed by atoms with Gasteiger partial charge in [-0.25, -0.2) is 4.79 Å². The Labute approximate surface area is 87.3 Å². The average molecular weight is 197 g/mol. The average Bonchev–Trinajstić information content (AvgIpc) is 2.16. The van der Waals surface area contributed by atoms with E-state index < -0.39 is 0 Å². The van der Waals surface area contributed by atoms with Crippen molar-refractivity contribution in [3.05, 3.63) is 19.1 Å². The molecular formula is C12H21O2. The molecule has 1 radical (unpaired) electrons. The van der Waals surface area contributed by atoms with Crippen molar-refractivity contribution in [3.8, 4) is 0 Å². The Kier molecular flexibility index (Phi) is 7.17. The van der Waals surface area contributed by atoms with Gasteiger partial charge in [-0.1, -0.05) is 26.3 Å². The molecule has 0 saturated heterocycles. The highest BCUT2D eigenvalue weighted by Crippen LogP contribution is 2.11. The summed E-state index contributed by atoms with van der Waals surface area (Å²) in [6, 6.07) is 0. The zero-order valence-electron chi connectivity index (χ0n) is 9.34. The molecule has 0 N–H and O–H groups in total. The predicted molar refractivity (Wildman–Crippen MR) is 58.8 cm³/mol. The van der Waals surface area contributed by atoms with Crippen molar-refractivity contribution < 1.29 is 9.53 Å². The fraction of sp³-hybridized carbons (Fsp3) is 0.667. The number of esters is 1. The molecule has 0 aromatic rings. The molecular weight excluding hydrogens is 176 g/mol. The Hall–Kier alpha value is -0.790. The van der Waals surface area contributed by atoms with Gasteiger partial charge in [-0.2, -0.15) is 0 Å². The number of ether oxygens (including phenoxy) is 1. The molecule has 0 aliphatic heterocycles. The van der Waals surface area contributed by atoms with Crippen LogP contribution in [0.5, 0.6) is 0 Å². The van der Waals surface area contributed by atoms with E-state index in [1.165, 1.54) is 12.8 Å². The van der Waals surface area contributed by atoms with E-state index in [-0.39, 0.29) is 12.1 Å². The second-order valence-electron chi connectivity index (χ2n) is 3.59. The third-order valence-corrected chi connectivity index (χ3v) is 2.07. The monoisotopic (exact) mass is 197 g/mol. The molecule has 0 heterocycles. The van der Waals surface area contributed by atoms with Crippen LogP contribution >= 0.6 is 0 Å². The molecule has 0 bridgehead atoms. The zero-order valence-corrected chi connectivity index (χ0v) is 9.34. The SMILES string of the molecule is [CH2]CC(CCCCC)OC(=O)C(=C)C. The van der Waals surface area contributed by atoms with Crippen LogP contribution < -0.4 is 0 Å². The predicted octanol–water partition coefficient (Wildman–Crippen LogP) is 3.28. The van der Waals surface area contributed by atoms with E-state index in [0.717, 1.165) is 12.8 Å². The van der Waals surface area contributed by atoms with E-state index >= 15 is 0 Å². The van der Waals surface area contributed by atoms with E-state index in [1.54, 1.807) is 6.92 Å². The fourth-order valence-corrected chi connectivity index (χ4v) is 1.14. The van der Waals surface area contributed by atoms with Gasteiger partial charge in [0.25, 0.3) is 0 Å². The maximum absolute atomic E-state index is 11.2. The molecule has 1 atom stereocenters. The molecule has 0 fully saturated rings. The van der Waals surface area contributed by atoms with Crippen LogP contribution in [-0.2, 0) is 9.53 Å². The molecule has 0 saturated carbocycles. The minimum absolute atomic E-state index is 0.0363. The van der Waals surface area contributed by atoms with E-state index in [9.17, 15) is 4.79 Å². The molecule has 0 aromatic heterocycles. The van der Waals surface area contributed by atoms with Crippen molar-refractivity contribution in [1.82, 2.24) is 0 Å². The summed E-state index contributed by atoms with van der Waals surface area (Å²) >= 11 is 0. The number of carbonyl (C=O) groups is 1. The van der Waals surface area contributed by atoms with Crippen molar-refractivity contribution >= 4 is 5.97 Å². The zero-order chi connectivity index (χ0) is 11.0. The summed E-state index contributed by atoms with van der Waals surface area (Å²) < 4.78 is 5.21. The maximum Gasteiger partial charge on any atom is 0.333 e. The van der Waals surface area contributed by atoms with Gasteiger partial charge in [-0.05, 0) is 33.1 Å². The van der Waals surface area contributed by atoms with Gasteiger partial charge in [0, 0.05) is 5.57 Å². The molecule has 14 heavy (non-hydrogen) atoms. The lowest BCUT2D eigenvalue weighted by Crippen LogP contribution is -2.17. The minimum atomic E-state index is -0.296. The number of carbonyl (C=O) groups excluding carboxylic acids is 1. The summed E-state index contributed by atoms with van der Waals surface area (Å²) in [6.45, 7) is 11.1. The number of hydrogen-bond donors (Lipinski definition) is 0. The van der Waals surface area contributed by atoms with E-state index in [2.05, 4.69) is 20.4 Å². The Morgan fingerprint density at radius 3 is 2.50 bits per heavy atom. The number of rotatable bonds is 7. The van der Waals surface area contributed by atoms with Crippen LogP contribution in [0.4, 0.5) is 0 Å². The van der Waals surface area contributed by atoms with Crippen LogP contribution in [0.3, 0.4) is 0 Å². The first-order valence-corrected chi connectivity index (χ1v) is 5.27. The molecule has 2 heteroatoms. The lowest BCUT2D eigenvalue weighted by atomic mass is 10.1. The maximum atomic E-state index is 11.2. The number of unbranched alkanes of at least 4 members (excludes halogenated alkanes) is 2. The first kappa shape index (κ1) is 13.2. The van der Waals surface area contributed by atoms with Crippen LogP contribution in [0.25, 0.3) is 0 Å². The van der Waals surface area contributed by atoms with Crippen molar-refractivity contribution in [2.24, 2.45) is 0 Å². The van der Waals surface area contributed by atoms with Crippen LogP contribution in [-0.4, -0.2) is 12.1 Å². The molecule has 81 valence electrons. The smallest absolute Gasteiger partial charge is 0.333 e. The van der Waals surface area contributed by atoms with E-state index in [1.807, 2.05) is 0 Å². The summed E-state index contributed by atoms with van der Waals surface area (Å²) in [6.07, 6.45) is 4.98. The molecule has 0 rings (SSSR count). The second kappa shape index (κ2) is 7.60. The Bertz CT molecular complexity index is 185. The highest BCUT2D eigenvalue weighted by molar-refractivity contribution is 5.87. The first-order valence-electron chi connectivity index (χ1n) is 5.27. The van der Waals surface area contributed by atoms with E-state index in [0.29, 0.717) is 12.0 Å². The normalized spacial score (nSPS) is 12.2. The summed E-state index contributed by atoms with van der Waals surface area (Å²) in [5.74, 6) is -0.296. The molecule has 0 amide bonds. The first-order chi connectivity index (χ1) is 6.61. The minimum Gasteiger partial charge on any atom is -0.459 e. The van der Waals surface area contributed by atoms with Gasteiger partial charge in [0.1, 0.15) is 6.10 Å². The molecule has 0 aliphatic rings. The van der Waals surface area contributed by atoms with Gasteiger partial charge in [-0.15, -0.1) is 0 Å². The quantitative estimate of drug-likeness (QED) is 0.355. The summed E-state index contributed by atoms with van der Waals surface area (Å²) in [5.41, 5.74) is 0.457. The van der Waals surface area contributed by atoms with Gasteiger partial charge < -0.3 is 4.74 Å². The van der Waals surface area contributed by atoms with Crippen molar-refractivity contribution in [1.29, 1.82) is 0 Å². The number of hydrogen-bond acceptors (Lipinski definition) is 2. The topological polar surface area (TPSA) is 26.3 Å². The van der Waals surface area contributed by atoms with Crippen molar-refractivity contribution in [2.45, 2.75) is 52.1 Å². The lowest BCUT2D eigenvalue weighted by molar-refractivity contribution is -0.144. The second-order valence-corrected chi connectivity index (χ2v) is 3.59. The van der Waals surface area contributed by atoms with Crippen molar-refractivity contribution in [3.63, 3.8) is 0 Å². The summed E-state index contributed by atoms with van der Waals surface area (Å²) in [4.78, 5) is 11.2. The third-order valence-electron chi connectivity index (χ3n) is 2.07. The van der Waals surface area contributed by atoms with E-state index in [4.69, 9.17) is 4.74 Å². The molecule has 0 aliphatic carbocycles. The Balaban J connectivity index is 3.78. The van der Waals surface area contributed by atoms with Gasteiger partial charge in [0.15, 0.2) is 0 Å². The Morgan fingerprint density at radius 1 is 1.43 bits per heavy atom. The van der Waals surface area contributed by atoms with Gasteiger partial charge in [0.2, 0.25) is 0 Å². The van der Waals surface area contributed by atoms with Gasteiger partial charge in [0.05, 0.1) is 0 Å². The fourth-order valence-electron chi connectivity index (χ4n) is 1.14. The highest BCUT2D eigenvalue weighted by Gasteiger charge is 2.12. The molecule has 1 unspecified atom stereocenters. The Morgan fingerprint density at radius 2 is 2.07 bits per heavy atom. The summed E-state index contributed by atoms with van der Waals surface area (Å²) in [5, 5.41) is 0. The lowest BCUT2D eigenvalue weighted by Gasteiger charge is -2.15. The standard InChI is InChI=1S/C12H21O2/c1-5-7-8-9-11(6-2)14-12(13)10(3)4/h11H,2-3,5-9H2,1,4H3. The van der Waals surface area contributed by atoms with Crippen LogP contribution in [0.1, 0.15) is 46.0 Å².